The van der Waals surface area contributed by atoms with Gasteiger partial charge >= 0.3 is 0 Å². The SMILES string of the molecule is CC(=O)c1ccc(N2CCN(C(=O)CCC3CCCC3)CC2)cc1. The maximum atomic E-state index is 12.4. The van der Waals surface area contributed by atoms with E-state index >= 15 is 0 Å². The zero-order valence-electron chi connectivity index (χ0n) is 14.7. The second kappa shape index (κ2) is 7.82. The minimum atomic E-state index is 0.0965. The quantitative estimate of drug-likeness (QED) is 0.777. The Morgan fingerprint density at radius 1 is 1.00 bits per heavy atom. The summed E-state index contributed by atoms with van der Waals surface area (Å²) in [6, 6.07) is 7.79. The van der Waals surface area contributed by atoms with Crippen molar-refractivity contribution in [3.63, 3.8) is 0 Å². The van der Waals surface area contributed by atoms with Crippen LogP contribution in [0.1, 0.15) is 55.8 Å². The summed E-state index contributed by atoms with van der Waals surface area (Å²) in [5.41, 5.74) is 1.89. The van der Waals surface area contributed by atoms with E-state index in [0.29, 0.717) is 5.91 Å². The highest BCUT2D eigenvalue weighted by Crippen LogP contribution is 2.28. The fourth-order valence-corrected chi connectivity index (χ4v) is 3.91. The van der Waals surface area contributed by atoms with E-state index in [2.05, 4.69) is 4.90 Å². The summed E-state index contributed by atoms with van der Waals surface area (Å²) in [5.74, 6) is 1.21. The van der Waals surface area contributed by atoms with Gasteiger partial charge in [-0.05, 0) is 43.5 Å². The van der Waals surface area contributed by atoms with Crippen molar-refractivity contribution in [2.75, 3.05) is 31.1 Å². The van der Waals surface area contributed by atoms with Gasteiger partial charge in [0.15, 0.2) is 5.78 Å². The number of rotatable bonds is 5. The van der Waals surface area contributed by atoms with Crippen LogP contribution in [0.15, 0.2) is 24.3 Å². The van der Waals surface area contributed by atoms with Gasteiger partial charge in [0.2, 0.25) is 5.91 Å². The normalized spacial score (nSPS) is 18.9. The van der Waals surface area contributed by atoms with Crippen molar-refractivity contribution >= 4 is 17.4 Å². The van der Waals surface area contributed by atoms with Crippen LogP contribution in [0.5, 0.6) is 0 Å². The van der Waals surface area contributed by atoms with Crippen LogP contribution < -0.4 is 4.90 Å². The summed E-state index contributed by atoms with van der Waals surface area (Å²) in [6.07, 6.45) is 7.12. The molecule has 0 unspecified atom stereocenters. The Bertz CT molecular complexity index is 568. The van der Waals surface area contributed by atoms with E-state index in [1.54, 1.807) is 6.92 Å². The van der Waals surface area contributed by atoms with Gasteiger partial charge in [-0.1, -0.05) is 25.7 Å². The minimum absolute atomic E-state index is 0.0965. The first-order chi connectivity index (χ1) is 11.6. The summed E-state index contributed by atoms with van der Waals surface area (Å²) in [7, 11) is 0. The zero-order valence-corrected chi connectivity index (χ0v) is 14.7. The number of carbonyl (C=O) groups excluding carboxylic acids is 2. The van der Waals surface area contributed by atoms with Gasteiger partial charge in [0.1, 0.15) is 0 Å². The zero-order chi connectivity index (χ0) is 16.9. The molecule has 2 aliphatic rings. The Balaban J connectivity index is 1.46. The summed E-state index contributed by atoms with van der Waals surface area (Å²) < 4.78 is 0. The number of hydrogen-bond acceptors (Lipinski definition) is 3. The summed E-state index contributed by atoms with van der Waals surface area (Å²) in [5, 5.41) is 0. The molecule has 0 aromatic heterocycles. The second-order valence-electron chi connectivity index (χ2n) is 7.16. The lowest BCUT2D eigenvalue weighted by molar-refractivity contribution is -0.131. The van der Waals surface area contributed by atoms with E-state index in [-0.39, 0.29) is 5.78 Å². The van der Waals surface area contributed by atoms with E-state index in [1.807, 2.05) is 29.2 Å². The van der Waals surface area contributed by atoms with Crippen molar-refractivity contribution in [2.24, 2.45) is 5.92 Å². The van der Waals surface area contributed by atoms with Gasteiger partial charge in [-0.2, -0.15) is 0 Å². The summed E-state index contributed by atoms with van der Waals surface area (Å²) in [6.45, 7) is 4.93. The molecular formula is C20H28N2O2. The maximum Gasteiger partial charge on any atom is 0.222 e. The molecule has 1 aromatic rings. The van der Waals surface area contributed by atoms with E-state index in [1.165, 1.54) is 25.7 Å². The number of ketones is 1. The van der Waals surface area contributed by atoms with Gasteiger partial charge in [-0.3, -0.25) is 9.59 Å². The van der Waals surface area contributed by atoms with E-state index in [4.69, 9.17) is 0 Å². The van der Waals surface area contributed by atoms with Crippen LogP contribution in [-0.4, -0.2) is 42.8 Å². The number of benzene rings is 1. The topological polar surface area (TPSA) is 40.6 Å². The number of nitrogens with zero attached hydrogens (tertiary/aromatic N) is 2. The average Bonchev–Trinajstić information content (AvgIpc) is 3.13. The number of carbonyl (C=O) groups is 2. The van der Waals surface area contributed by atoms with Crippen LogP contribution in [0, 0.1) is 5.92 Å². The molecule has 0 atom stereocenters. The van der Waals surface area contributed by atoms with Crippen molar-refractivity contribution in [1.29, 1.82) is 0 Å². The molecule has 4 nitrogen and oxygen atoms in total. The van der Waals surface area contributed by atoms with Crippen LogP contribution in [0.25, 0.3) is 0 Å². The lowest BCUT2D eigenvalue weighted by Gasteiger charge is -2.36. The van der Waals surface area contributed by atoms with Crippen molar-refractivity contribution in [1.82, 2.24) is 4.90 Å². The third-order valence-electron chi connectivity index (χ3n) is 5.51. The molecule has 1 amide bonds. The molecule has 0 spiro atoms. The molecule has 1 saturated heterocycles. The van der Waals surface area contributed by atoms with Crippen LogP contribution in [0.2, 0.25) is 0 Å². The Labute approximate surface area is 144 Å². The monoisotopic (exact) mass is 328 g/mol. The lowest BCUT2D eigenvalue weighted by Crippen LogP contribution is -2.48. The molecule has 1 aromatic carbocycles. The van der Waals surface area contributed by atoms with E-state index in [0.717, 1.165) is 56.2 Å². The van der Waals surface area contributed by atoms with E-state index < -0.39 is 0 Å². The first-order valence-electron chi connectivity index (χ1n) is 9.27. The predicted molar refractivity (Wildman–Crippen MR) is 96.4 cm³/mol. The largest absolute Gasteiger partial charge is 0.368 e. The molecular weight excluding hydrogens is 300 g/mol. The molecule has 0 radical (unpaired) electrons. The molecule has 1 saturated carbocycles. The first-order valence-corrected chi connectivity index (χ1v) is 9.27. The second-order valence-corrected chi connectivity index (χ2v) is 7.16. The number of Topliss-reactive ketones (excluding diaryl/α,β-unsaturated/α-hetero) is 1. The number of piperazine rings is 1. The molecule has 0 bridgehead atoms. The Kier molecular flexibility index (Phi) is 5.54. The highest BCUT2D eigenvalue weighted by molar-refractivity contribution is 5.94. The van der Waals surface area contributed by atoms with Crippen LogP contribution in [0.4, 0.5) is 5.69 Å². The first kappa shape index (κ1) is 17.0. The van der Waals surface area contributed by atoms with Crippen LogP contribution >= 0.6 is 0 Å². The number of amides is 1. The number of anilines is 1. The molecule has 0 N–H and O–H groups in total. The highest BCUT2D eigenvalue weighted by Gasteiger charge is 2.23. The van der Waals surface area contributed by atoms with Crippen molar-refractivity contribution in [3.05, 3.63) is 29.8 Å². The summed E-state index contributed by atoms with van der Waals surface area (Å²) in [4.78, 5) is 28.1. The highest BCUT2D eigenvalue weighted by atomic mass is 16.2. The van der Waals surface area contributed by atoms with Gasteiger partial charge in [0.05, 0.1) is 0 Å². The lowest BCUT2D eigenvalue weighted by atomic mass is 10.0. The standard InChI is InChI=1S/C20H28N2O2/c1-16(23)18-7-9-19(10-8-18)21-12-14-22(15-13-21)20(24)11-6-17-4-2-3-5-17/h7-10,17H,2-6,11-15H2,1H3. The molecule has 1 aliphatic heterocycles. The maximum absolute atomic E-state index is 12.4. The molecule has 130 valence electrons. The fourth-order valence-electron chi connectivity index (χ4n) is 3.91. The van der Waals surface area contributed by atoms with Crippen molar-refractivity contribution in [2.45, 2.75) is 45.4 Å². The fraction of sp³-hybridized carbons (Fsp3) is 0.600. The Morgan fingerprint density at radius 2 is 1.62 bits per heavy atom. The van der Waals surface area contributed by atoms with Crippen molar-refractivity contribution in [3.8, 4) is 0 Å². The predicted octanol–water partition coefficient (Wildman–Crippen LogP) is 3.51. The van der Waals surface area contributed by atoms with Crippen LogP contribution in [0.3, 0.4) is 0 Å². The third kappa shape index (κ3) is 4.16. The molecule has 1 heterocycles. The molecule has 3 rings (SSSR count). The van der Waals surface area contributed by atoms with Gasteiger partial charge in [-0.25, -0.2) is 0 Å². The molecule has 4 heteroatoms. The molecule has 1 aliphatic carbocycles. The van der Waals surface area contributed by atoms with Crippen LogP contribution in [-0.2, 0) is 4.79 Å². The van der Waals surface area contributed by atoms with Gasteiger partial charge in [-0.15, -0.1) is 0 Å². The smallest absolute Gasteiger partial charge is 0.222 e. The average molecular weight is 328 g/mol. The van der Waals surface area contributed by atoms with Gasteiger partial charge in [0.25, 0.3) is 0 Å². The molecule has 2 fully saturated rings. The Hall–Kier alpha value is -1.84. The van der Waals surface area contributed by atoms with E-state index in [9.17, 15) is 9.59 Å². The minimum Gasteiger partial charge on any atom is -0.368 e. The third-order valence-corrected chi connectivity index (χ3v) is 5.51. The summed E-state index contributed by atoms with van der Waals surface area (Å²) >= 11 is 0. The van der Waals surface area contributed by atoms with Gasteiger partial charge in [0, 0.05) is 43.9 Å². The molecule has 24 heavy (non-hydrogen) atoms. The van der Waals surface area contributed by atoms with Gasteiger partial charge < -0.3 is 9.80 Å². The van der Waals surface area contributed by atoms with Crippen molar-refractivity contribution < 1.29 is 9.59 Å². The number of hydrogen-bond donors (Lipinski definition) is 0. The Morgan fingerprint density at radius 3 is 2.21 bits per heavy atom.